The molecule has 0 fully saturated rings. The third-order valence-electron chi connectivity index (χ3n) is 5.33. The minimum atomic E-state index is -2.99. The van der Waals surface area contributed by atoms with Crippen LogP contribution in [0.2, 0.25) is 0 Å². The van der Waals surface area contributed by atoms with Gasteiger partial charge in [0, 0.05) is 29.2 Å². The number of ether oxygens (including phenoxy) is 1. The number of aromatic nitrogens is 1. The van der Waals surface area contributed by atoms with Gasteiger partial charge in [0.05, 0.1) is 12.1 Å². The maximum absolute atomic E-state index is 14.0. The smallest absolute Gasteiger partial charge is 0.296 e. The van der Waals surface area contributed by atoms with Crippen molar-refractivity contribution in [3.05, 3.63) is 76.1 Å². The van der Waals surface area contributed by atoms with Crippen molar-refractivity contribution < 1.29 is 23.4 Å². The van der Waals surface area contributed by atoms with Crippen LogP contribution in [-0.4, -0.2) is 42.2 Å². The Morgan fingerprint density at radius 2 is 1.76 bits per heavy atom. The standard InChI is InChI=1S/C25H28F2N2O4/c26-25(27,18-8-4-3-5-9-18)17-33-15-7-2-1-6-14-28-16-22(31)19-10-12-21(30)24-20(19)11-13-23(32)29-24/h3-5,8-13,28,30H,1-2,6-7,14-17H2,(H,29,32). The van der Waals surface area contributed by atoms with E-state index in [0.717, 1.165) is 19.3 Å². The fourth-order valence-corrected chi connectivity index (χ4v) is 3.55. The Labute approximate surface area is 190 Å². The van der Waals surface area contributed by atoms with Crippen LogP contribution in [0, 0.1) is 0 Å². The monoisotopic (exact) mass is 458 g/mol. The Bertz CT molecular complexity index is 1120. The van der Waals surface area contributed by atoms with Crippen molar-refractivity contribution in [1.29, 1.82) is 0 Å². The summed E-state index contributed by atoms with van der Waals surface area (Å²) in [6.45, 7) is 0.438. The number of hydrogen-bond acceptors (Lipinski definition) is 5. The molecule has 0 bridgehead atoms. The highest BCUT2D eigenvalue weighted by Gasteiger charge is 2.31. The molecule has 3 rings (SSSR count). The van der Waals surface area contributed by atoms with Gasteiger partial charge in [-0.2, -0.15) is 8.78 Å². The number of rotatable bonds is 13. The number of fused-ring (bicyclic) bond motifs is 1. The number of carbonyl (C=O) groups excluding carboxylic acids is 1. The lowest BCUT2D eigenvalue weighted by atomic mass is 10.0. The number of pyridine rings is 1. The highest BCUT2D eigenvalue weighted by atomic mass is 19.3. The summed E-state index contributed by atoms with van der Waals surface area (Å²) in [6.07, 6.45) is 3.28. The SMILES string of the molecule is O=C(CNCCCCCCOCC(F)(F)c1ccccc1)c1ccc(O)c2[nH]c(=O)ccc12. The quantitative estimate of drug-likeness (QED) is 0.261. The molecule has 3 N–H and O–H groups in total. The van der Waals surface area contributed by atoms with Crippen LogP contribution in [0.25, 0.3) is 10.9 Å². The molecule has 0 radical (unpaired) electrons. The number of benzene rings is 2. The number of aromatic hydroxyl groups is 1. The van der Waals surface area contributed by atoms with Crippen LogP contribution in [0.5, 0.6) is 5.75 Å². The first-order valence-corrected chi connectivity index (χ1v) is 11.0. The fraction of sp³-hybridized carbons (Fsp3) is 0.360. The Morgan fingerprint density at radius 3 is 2.55 bits per heavy atom. The predicted octanol–water partition coefficient (Wildman–Crippen LogP) is 4.38. The Kier molecular flexibility index (Phi) is 8.68. The van der Waals surface area contributed by atoms with Gasteiger partial charge in [0.25, 0.3) is 5.92 Å². The van der Waals surface area contributed by atoms with E-state index in [0.29, 0.717) is 23.9 Å². The van der Waals surface area contributed by atoms with Crippen LogP contribution in [-0.2, 0) is 10.7 Å². The van der Waals surface area contributed by atoms with Gasteiger partial charge in [-0.3, -0.25) is 9.59 Å². The summed E-state index contributed by atoms with van der Waals surface area (Å²) in [7, 11) is 0. The van der Waals surface area contributed by atoms with Crippen LogP contribution in [0.4, 0.5) is 8.78 Å². The molecule has 0 saturated carbocycles. The van der Waals surface area contributed by atoms with E-state index in [1.54, 1.807) is 24.3 Å². The largest absolute Gasteiger partial charge is 0.506 e. The number of alkyl halides is 2. The number of H-pyrrole nitrogens is 1. The molecule has 0 aliphatic heterocycles. The van der Waals surface area contributed by atoms with Crippen molar-refractivity contribution in [2.45, 2.75) is 31.6 Å². The lowest BCUT2D eigenvalue weighted by Crippen LogP contribution is -2.24. The molecule has 1 heterocycles. The first-order valence-electron chi connectivity index (χ1n) is 11.0. The van der Waals surface area contributed by atoms with Gasteiger partial charge >= 0.3 is 0 Å². The van der Waals surface area contributed by atoms with Crippen molar-refractivity contribution in [2.24, 2.45) is 0 Å². The lowest BCUT2D eigenvalue weighted by Gasteiger charge is -2.16. The second-order valence-corrected chi connectivity index (χ2v) is 7.88. The molecular weight excluding hydrogens is 430 g/mol. The average molecular weight is 459 g/mol. The zero-order valence-electron chi connectivity index (χ0n) is 18.3. The van der Waals surface area contributed by atoms with E-state index in [4.69, 9.17) is 4.74 Å². The second kappa shape index (κ2) is 11.7. The number of phenolic OH excluding ortho intramolecular Hbond substituents is 1. The summed E-state index contributed by atoms with van der Waals surface area (Å²) < 4.78 is 33.1. The van der Waals surface area contributed by atoms with E-state index in [2.05, 4.69) is 10.3 Å². The Morgan fingerprint density at radius 1 is 1.00 bits per heavy atom. The minimum Gasteiger partial charge on any atom is -0.506 e. The predicted molar refractivity (Wildman–Crippen MR) is 123 cm³/mol. The van der Waals surface area contributed by atoms with E-state index in [1.807, 2.05) is 0 Å². The van der Waals surface area contributed by atoms with E-state index in [1.165, 1.54) is 30.3 Å². The molecule has 1 aromatic heterocycles. The van der Waals surface area contributed by atoms with Gasteiger partial charge in [-0.05, 0) is 37.6 Å². The number of phenols is 1. The molecule has 0 unspecified atom stereocenters. The second-order valence-electron chi connectivity index (χ2n) is 7.88. The number of unbranched alkanes of at least 4 members (excludes halogenated alkanes) is 3. The lowest BCUT2D eigenvalue weighted by molar-refractivity contribution is -0.0831. The molecule has 0 saturated heterocycles. The molecule has 0 aliphatic carbocycles. The molecule has 2 aromatic carbocycles. The number of aromatic amines is 1. The van der Waals surface area contributed by atoms with E-state index in [-0.39, 0.29) is 41.3 Å². The van der Waals surface area contributed by atoms with Crippen molar-refractivity contribution in [2.75, 3.05) is 26.3 Å². The fourth-order valence-electron chi connectivity index (χ4n) is 3.55. The summed E-state index contributed by atoms with van der Waals surface area (Å²) in [5, 5.41) is 13.5. The van der Waals surface area contributed by atoms with Crippen LogP contribution in [0.1, 0.15) is 41.6 Å². The van der Waals surface area contributed by atoms with Gasteiger partial charge in [-0.1, -0.05) is 43.2 Å². The topological polar surface area (TPSA) is 91.4 Å². The summed E-state index contributed by atoms with van der Waals surface area (Å²) >= 11 is 0. The zero-order chi connectivity index (χ0) is 23.7. The van der Waals surface area contributed by atoms with Gasteiger partial charge in [0.15, 0.2) is 5.78 Å². The number of carbonyl (C=O) groups is 1. The van der Waals surface area contributed by atoms with Gasteiger partial charge < -0.3 is 20.1 Å². The van der Waals surface area contributed by atoms with Gasteiger partial charge in [-0.25, -0.2) is 0 Å². The van der Waals surface area contributed by atoms with Crippen molar-refractivity contribution in [3.63, 3.8) is 0 Å². The average Bonchev–Trinajstić information content (AvgIpc) is 2.81. The molecule has 6 nitrogen and oxygen atoms in total. The Hall–Kier alpha value is -3.10. The number of halogens is 2. The molecule has 176 valence electrons. The van der Waals surface area contributed by atoms with E-state index in [9.17, 15) is 23.5 Å². The summed E-state index contributed by atoms with van der Waals surface area (Å²) in [5.74, 6) is -3.21. The normalized spacial score (nSPS) is 11.7. The molecule has 33 heavy (non-hydrogen) atoms. The van der Waals surface area contributed by atoms with Crippen molar-refractivity contribution in [3.8, 4) is 5.75 Å². The molecule has 0 atom stereocenters. The van der Waals surface area contributed by atoms with Gasteiger partial charge in [0.1, 0.15) is 12.4 Å². The molecule has 0 aliphatic rings. The van der Waals surface area contributed by atoms with Crippen LogP contribution < -0.4 is 10.9 Å². The highest BCUT2D eigenvalue weighted by molar-refractivity contribution is 6.09. The van der Waals surface area contributed by atoms with E-state index < -0.39 is 12.5 Å². The summed E-state index contributed by atoms with van der Waals surface area (Å²) in [4.78, 5) is 26.5. The van der Waals surface area contributed by atoms with E-state index >= 15 is 0 Å². The number of ketones is 1. The molecule has 8 heteroatoms. The van der Waals surface area contributed by atoms with Gasteiger partial charge in [0.2, 0.25) is 5.56 Å². The Balaban J connectivity index is 1.29. The first kappa shape index (κ1) is 24.5. The van der Waals surface area contributed by atoms with Crippen LogP contribution in [0.3, 0.4) is 0 Å². The molecule has 0 amide bonds. The third kappa shape index (κ3) is 6.94. The molecular formula is C25H28F2N2O4. The molecule has 0 spiro atoms. The summed E-state index contributed by atoms with van der Waals surface area (Å²) in [5.41, 5.74) is 0.281. The van der Waals surface area contributed by atoms with Crippen LogP contribution in [0.15, 0.2) is 59.4 Å². The first-order chi connectivity index (χ1) is 15.9. The molecule has 3 aromatic rings. The highest BCUT2D eigenvalue weighted by Crippen LogP contribution is 2.28. The number of hydrogen-bond donors (Lipinski definition) is 3. The summed E-state index contributed by atoms with van der Waals surface area (Å²) in [6, 6.07) is 13.4. The minimum absolute atomic E-state index is 0.0424. The number of nitrogens with one attached hydrogen (secondary N) is 2. The van der Waals surface area contributed by atoms with Crippen molar-refractivity contribution in [1.82, 2.24) is 10.3 Å². The van der Waals surface area contributed by atoms with Gasteiger partial charge in [-0.15, -0.1) is 0 Å². The van der Waals surface area contributed by atoms with Crippen molar-refractivity contribution >= 4 is 16.7 Å². The maximum Gasteiger partial charge on any atom is 0.296 e. The number of Topliss-reactive ketones (excluding diaryl/α,β-unsaturated/α-hetero) is 1. The third-order valence-corrected chi connectivity index (χ3v) is 5.33. The van der Waals surface area contributed by atoms with Crippen LogP contribution >= 0.6 is 0 Å². The zero-order valence-corrected chi connectivity index (χ0v) is 18.3. The maximum atomic E-state index is 14.0.